The Balaban J connectivity index is 2.53. The molecule has 112 valence electrons. The lowest BCUT2D eigenvalue weighted by molar-refractivity contribution is 0.416. The van der Waals surface area contributed by atoms with E-state index in [2.05, 4.69) is 19.2 Å². The van der Waals surface area contributed by atoms with Crippen LogP contribution in [0.1, 0.15) is 31.0 Å². The van der Waals surface area contributed by atoms with Gasteiger partial charge in [0, 0.05) is 17.2 Å². The van der Waals surface area contributed by atoms with Crippen molar-refractivity contribution in [2.45, 2.75) is 26.8 Å². The number of methoxy groups -OCH3 is 1. The van der Waals surface area contributed by atoms with Gasteiger partial charge < -0.3 is 10.1 Å². The molecular formula is C18H22FNO. The minimum absolute atomic E-state index is 0.185. The first-order valence-corrected chi connectivity index (χ1v) is 7.24. The van der Waals surface area contributed by atoms with Crippen LogP contribution in [0.15, 0.2) is 36.4 Å². The molecule has 1 atom stereocenters. The van der Waals surface area contributed by atoms with Crippen molar-refractivity contribution in [1.82, 2.24) is 5.32 Å². The van der Waals surface area contributed by atoms with Crippen LogP contribution in [0.4, 0.5) is 4.39 Å². The molecule has 0 heterocycles. The third kappa shape index (κ3) is 3.42. The molecule has 0 radical (unpaired) electrons. The van der Waals surface area contributed by atoms with Crippen molar-refractivity contribution >= 4 is 0 Å². The van der Waals surface area contributed by atoms with E-state index < -0.39 is 0 Å². The van der Waals surface area contributed by atoms with Crippen LogP contribution in [0.5, 0.6) is 5.75 Å². The summed E-state index contributed by atoms with van der Waals surface area (Å²) < 4.78 is 19.7. The zero-order valence-corrected chi connectivity index (χ0v) is 13.0. The van der Waals surface area contributed by atoms with Crippen LogP contribution >= 0.6 is 0 Å². The van der Waals surface area contributed by atoms with Crippen molar-refractivity contribution in [3.63, 3.8) is 0 Å². The maximum atomic E-state index is 14.3. The quantitative estimate of drug-likeness (QED) is 0.875. The zero-order chi connectivity index (χ0) is 15.4. The highest BCUT2D eigenvalue weighted by atomic mass is 19.1. The molecule has 21 heavy (non-hydrogen) atoms. The molecule has 3 heteroatoms. The van der Waals surface area contributed by atoms with E-state index in [4.69, 9.17) is 4.74 Å². The number of ether oxygens (including phenoxy) is 1. The fourth-order valence-corrected chi connectivity index (χ4v) is 2.47. The third-order valence-electron chi connectivity index (χ3n) is 3.65. The van der Waals surface area contributed by atoms with Crippen molar-refractivity contribution in [3.05, 3.63) is 53.3 Å². The Bertz CT molecular complexity index is 625. The minimum atomic E-state index is -0.230. The van der Waals surface area contributed by atoms with Gasteiger partial charge in [-0.1, -0.05) is 24.6 Å². The molecule has 0 amide bonds. The molecule has 1 N–H and O–H groups in total. The van der Waals surface area contributed by atoms with Gasteiger partial charge in [-0.15, -0.1) is 0 Å². The standard InChI is InChI=1S/C18H22FNO/c1-5-20-13(3)14-7-8-17(19)15(11-14)16-10-12(2)6-9-18(16)21-4/h6-11,13,20H,5H2,1-4H3. The number of aryl methyl sites for hydroxylation is 1. The van der Waals surface area contributed by atoms with Crippen LogP contribution in [0, 0.1) is 12.7 Å². The highest BCUT2D eigenvalue weighted by molar-refractivity contribution is 5.72. The molecule has 1 unspecified atom stereocenters. The van der Waals surface area contributed by atoms with E-state index in [1.165, 1.54) is 6.07 Å². The van der Waals surface area contributed by atoms with Crippen LogP contribution in [0.3, 0.4) is 0 Å². The molecule has 0 bridgehead atoms. The Morgan fingerprint density at radius 3 is 2.57 bits per heavy atom. The van der Waals surface area contributed by atoms with Gasteiger partial charge in [-0.2, -0.15) is 0 Å². The van der Waals surface area contributed by atoms with E-state index >= 15 is 0 Å². The summed E-state index contributed by atoms with van der Waals surface area (Å²) in [6.45, 7) is 7.01. The number of hydrogen-bond acceptors (Lipinski definition) is 2. The summed E-state index contributed by atoms with van der Waals surface area (Å²) >= 11 is 0. The third-order valence-corrected chi connectivity index (χ3v) is 3.65. The lowest BCUT2D eigenvalue weighted by Crippen LogP contribution is -2.17. The Kier molecular flexibility index (Phi) is 4.97. The molecule has 0 spiro atoms. The molecule has 0 aliphatic heterocycles. The molecule has 0 aromatic heterocycles. The van der Waals surface area contributed by atoms with Gasteiger partial charge in [0.1, 0.15) is 11.6 Å². The van der Waals surface area contributed by atoms with Crippen LogP contribution in [0.25, 0.3) is 11.1 Å². The summed E-state index contributed by atoms with van der Waals surface area (Å²) in [5.41, 5.74) is 3.52. The lowest BCUT2D eigenvalue weighted by atomic mass is 9.97. The normalized spacial score (nSPS) is 12.2. The fraction of sp³-hybridized carbons (Fsp3) is 0.333. The van der Waals surface area contributed by atoms with Gasteiger partial charge in [-0.3, -0.25) is 0 Å². The van der Waals surface area contributed by atoms with Gasteiger partial charge in [0.15, 0.2) is 0 Å². The fourth-order valence-electron chi connectivity index (χ4n) is 2.47. The largest absolute Gasteiger partial charge is 0.496 e. The Morgan fingerprint density at radius 2 is 1.90 bits per heavy atom. The summed E-state index contributed by atoms with van der Waals surface area (Å²) in [6.07, 6.45) is 0. The first-order valence-electron chi connectivity index (χ1n) is 7.24. The van der Waals surface area contributed by atoms with Gasteiger partial charge in [0.2, 0.25) is 0 Å². The van der Waals surface area contributed by atoms with Crippen molar-refractivity contribution in [2.75, 3.05) is 13.7 Å². The van der Waals surface area contributed by atoms with Crippen LogP contribution < -0.4 is 10.1 Å². The summed E-state index contributed by atoms with van der Waals surface area (Å²) in [7, 11) is 1.61. The van der Waals surface area contributed by atoms with Crippen LogP contribution in [-0.4, -0.2) is 13.7 Å². The Morgan fingerprint density at radius 1 is 1.14 bits per heavy atom. The average molecular weight is 287 g/mol. The van der Waals surface area contributed by atoms with Gasteiger partial charge in [-0.05, 0) is 50.2 Å². The molecule has 0 fully saturated rings. The predicted molar refractivity (Wildman–Crippen MR) is 85.2 cm³/mol. The van der Waals surface area contributed by atoms with E-state index in [1.807, 2.05) is 37.3 Å². The van der Waals surface area contributed by atoms with E-state index in [-0.39, 0.29) is 11.9 Å². The van der Waals surface area contributed by atoms with Gasteiger partial charge in [0.25, 0.3) is 0 Å². The van der Waals surface area contributed by atoms with Crippen molar-refractivity contribution in [1.29, 1.82) is 0 Å². The molecule has 2 aromatic carbocycles. The Hall–Kier alpha value is -1.87. The molecule has 0 aliphatic rings. The summed E-state index contributed by atoms with van der Waals surface area (Å²) in [6, 6.07) is 11.2. The molecule has 0 aliphatic carbocycles. The maximum Gasteiger partial charge on any atom is 0.131 e. The van der Waals surface area contributed by atoms with Crippen molar-refractivity contribution in [2.24, 2.45) is 0 Å². The van der Waals surface area contributed by atoms with E-state index in [1.54, 1.807) is 7.11 Å². The summed E-state index contributed by atoms with van der Waals surface area (Å²) in [5.74, 6) is 0.458. The van der Waals surface area contributed by atoms with Crippen LogP contribution in [0.2, 0.25) is 0 Å². The minimum Gasteiger partial charge on any atom is -0.496 e. The van der Waals surface area contributed by atoms with Gasteiger partial charge in [0.05, 0.1) is 7.11 Å². The van der Waals surface area contributed by atoms with E-state index in [0.29, 0.717) is 11.3 Å². The molecule has 2 nitrogen and oxygen atoms in total. The molecule has 2 rings (SSSR count). The van der Waals surface area contributed by atoms with Gasteiger partial charge >= 0.3 is 0 Å². The number of nitrogens with one attached hydrogen (secondary N) is 1. The smallest absolute Gasteiger partial charge is 0.131 e. The van der Waals surface area contributed by atoms with Crippen molar-refractivity contribution in [3.8, 4) is 16.9 Å². The second-order valence-electron chi connectivity index (χ2n) is 5.22. The molecule has 0 saturated carbocycles. The first-order chi connectivity index (χ1) is 10.1. The van der Waals surface area contributed by atoms with E-state index in [0.717, 1.165) is 23.2 Å². The number of halogens is 1. The van der Waals surface area contributed by atoms with Gasteiger partial charge in [-0.25, -0.2) is 4.39 Å². The zero-order valence-electron chi connectivity index (χ0n) is 13.0. The lowest BCUT2D eigenvalue weighted by Gasteiger charge is -2.16. The monoisotopic (exact) mass is 287 g/mol. The second kappa shape index (κ2) is 6.72. The number of benzene rings is 2. The number of hydrogen-bond donors (Lipinski definition) is 1. The highest BCUT2D eigenvalue weighted by Crippen LogP contribution is 2.34. The Labute approximate surface area is 126 Å². The SMILES string of the molecule is CCNC(C)c1ccc(F)c(-c2cc(C)ccc2OC)c1. The molecule has 2 aromatic rings. The average Bonchev–Trinajstić information content (AvgIpc) is 2.48. The van der Waals surface area contributed by atoms with E-state index in [9.17, 15) is 4.39 Å². The molecule has 0 saturated heterocycles. The van der Waals surface area contributed by atoms with Crippen molar-refractivity contribution < 1.29 is 9.13 Å². The number of rotatable bonds is 5. The van der Waals surface area contributed by atoms with Crippen LogP contribution in [-0.2, 0) is 0 Å². The summed E-state index contributed by atoms with van der Waals surface area (Å²) in [4.78, 5) is 0. The molecular weight excluding hydrogens is 265 g/mol. The predicted octanol–water partition coefficient (Wildman–Crippen LogP) is 4.48. The first kappa shape index (κ1) is 15.5. The topological polar surface area (TPSA) is 21.3 Å². The maximum absolute atomic E-state index is 14.3. The second-order valence-corrected chi connectivity index (χ2v) is 5.22. The highest BCUT2D eigenvalue weighted by Gasteiger charge is 2.13. The summed E-state index contributed by atoms with van der Waals surface area (Å²) in [5, 5.41) is 3.35.